The minimum atomic E-state index is -0.591. The van der Waals surface area contributed by atoms with Gasteiger partial charge in [0.05, 0.1) is 13.2 Å². The lowest BCUT2D eigenvalue weighted by Crippen LogP contribution is -2.52. The fourth-order valence-corrected chi connectivity index (χ4v) is 2.85. The summed E-state index contributed by atoms with van der Waals surface area (Å²) < 4.78 is 4.59. The molecule has 0 aromatic rings. The van der Waals surface area contributed by atoms with Crippen LogP contribution >= 0.6 is 0 Å². The monoisotopic (exact) mass is 278 g/mol. The third-order valence-corrected chi connectivity index (χ3v) is 4.33. The van der Waals surface area contributed by atoms with E-state index in [0.29, 0.717) is 6.54 Å². The normalized spacial score (nSPS) is 24.4. The number of hydrogen-bond donors (Lipinski definition) is 1. The molecule has 1 heterocycles. The van der Waals surface area contributed by atoms with Crippen LogP contribution in [0.1, 0.15) is 33.1 Å². The molecule has 2 fully saturated rings. The van der Waals surface area contributed by atoms with E-state index in [2.05, 4.69) is 16.0 Å². The highest BCUT2D eigenvalue weighted by Crippen LogP contribution is 2.54. The molecule has 0 radical (unpaired) electrons. The number of alkyl carbamates (subject to hydrolysis) is 1. The standard InChI is InChI=1S/C15H22N2O3/c1-5-11-8-15(6-7-15)9-17(11)13(18)12(10(2)3)16-14(19)20-4/h1,10-12H,6-9H2,2-4H3,(H,16,19)/t11-,12+/m1/s1. The van der Waals surface area contributed by atoms with Crippen LogP contribution in [0.4, 0.5) is 4.79 Å². The first-order chi connectivity index (χ1) is 9.42. The Morgan fingerprint density at radius 3 is 2.55 bits per heavy atom. The smallest absolute Gasteiger partial charge is 0.407 e. The molecule has 1 aliphatic carbocycles. The molecule has 0 unspecified atom stereocenters. The Kier molecular flexibility index (Phi) is 3.94. The summed E-state index contributed by atoms with van der Waals surface area (Å²) in [4.78, 5) is 25.8. The van der Waals surface area contributed by atoms with Gasteiger partial charge in [-0.1, -0.05) is 19.8 Å². The second kappa shape index (κ2) is 5.35. The first kappa shape index (κ1) is 14.7. The molecule has 5 nitrogen and oxygen atoms in total. The Morgan fingerprint density at radius 1 is 1.45 bits per heavy atom. The van der Waals surface area contributed by atoms with E-state index in [0.717, 1.165) is 19.3 Å². The Hall–Kier alpha value is -1.70. The molecule has 2 amide bonds. The predicted molar refractivity (Wildman–Crippen MR) is 74.8 cm³/mol. The summed E-state index contributed by atoms with van der Waals surface area (Å²) in [5, 5.41) is 2.61. The molecule has 0 aromatic carbocycles. The largest absolute Gasteiger partial charge is 0.453 e. The van der Waals surface area contributed by atoms with Crippen molar-refractivity contribution in [1.82, 2.24) is 10.2 Å². The number of terminal acetylenes is 1. The maximum absolute atomic E-state index is 12.7. The molecule has 1 aliphatic heterocycles. The van der Waals surface area contributed by atoms with E-state index in [1.807, 2.05) is 13.8 Å². The van der Waals surface area contributed by atoms with E-state index in [1.54, 1.807) is 4.90 Å². The van der Waals surface area contributed by atoms with Crippen LogP contribution in [-0.4, -0.2) is 42.6 Å². The van der Waals surface area contributed by atoms with Crippen LogP contribution in [0, 0.1) is 23.7 Å². The van der Waals surface area contributed by atoms with E-state index in [4.69, 9.17) is 6.42 Å². The number of carbonyl (C=O) groups excluding carboxylic acids is 2. The molecule has 0 bridgehead atoms. The van der Waals surface area contributed by atoms with Crippen LogP contribution in [-0.2, 0) is 9.53 Å². The Labute approximate surface area is 120 Å². The van der Waals surface area contributed by atoms with Crippen LogP contribution in [0.25, 0.3) is 0 Å². The third-order valence-electron chi connectivity index (χ3n) is 4.33. The average molecular weight is 278 g/mol. The predicted octanol–water partition coefficient (Wildman–Crippen LogP) is 1.38. The molecule has 2 rings (SSSR count). The fraction of sp³-hybridized carbons (Fsp3) is 0.733. The van der Waals surface area contributed by atoms with Crippen molar-refractivity contribution in [3.63, 3.8) is 0 Å². The quantitative estimate of drug-likeness (QED) is 0.793. The van der Waals surface area contributed by atoms with Gasteiger partial charge in [-0.2, -0.15) is 0 Å². The van der Waals surface area contributed by atoms with Gasteiger partial charge in [-0.3, -0.25) is 4.79 Å². The lowest BCUT2D eigenvalue weighted by Gasteiger charge is -2.28. The number of hydrogen-bond acceptors (Lipinski definition) is 3. The number of methoxy groups -OCH3 is 1. The van der Waals surface area contributed by atoms with Crippen molar-refractivity contribution in [2.24, 2.45) is 11.3 Å². The first-order valence-electron chi connectivity index (χ1n) is 7.03. The summed E-state index contributed by atoms with van der Waals surface area (Å²) in [5.74, 6) is 2.60. The van der Waals surface area contributed by atoms with Gasteiger partial charge in [0, 0.05) is 6.54 Å². The van der Waals surface area contributed by atoms with Crippen LogP contribution < -0.4 is 5.32 Å². The molecule has 1 saturated heterocycles. The van der Waals surface area contributed by atoms with Crippen molar-refractivity contribution in [3.8, 4) is 12.3 Å². The number of ether oxygens (including phenoxy) is 1. The third kappa shape index (κ3) is 2.74. The molecule has 1 spiro atoms. The van der Waals surface area contributed by atoms with Crippen LogP contribution in [0.2, 0.25) is 0 Å². The second-order valence-corrected chi connectivity index (χ2v) is 6.21. The number of nitrogens with one attached hydrogen (secondary N) is 1. The molecule has 0 aromatic heterocycles. The second-order valence-electron chi connectivity index (χ2n) is 6.21. The number of likely N-dealkylation sites (tertiary alicyclic amines) is 1. The molecule has 110 valence electrons. The van der Waals surface area contributed by atoms with E-state index in [-0.39, 0.29) is 23.3 Å². The highest BCUT2D eigenvalue weighted by atomic mass is 16.5. The van der Waals surface area contributed by atoms with Gasteiger partial charge in [0.2, 0.25) is 5.91 Å². The average Bonchev–Trinajstić information content (AvgIpc) is 3.06. The molecule has 1 N–H and O–H groups in total. The van der Waals surface area contributed by atoms with Crippen molar-refractivity contribution in [1.29, 1.82) is 0 Å². The summed E-state index contributed by atoms with van der Waals surface area (Å²) in [6, 6.07) is -0.738. The van der Waals surface area contributed by atoms with E-state index < -0.39 is 12.1 Å². The van der Waals surface area contributed by atoms with Crippen molar-refractivity contribution in [2.75, 3.05) is 13.7 Å². The Balaban J connectivity index is 2.10. The van der Waals surface area contributed by atoms with Gasteiger partial charge in [-0.05, 0) is 30.6 Å². The minimum Gasteiger partial charge on any atom is -0.453 e. The lowest BCUT2D eigenvalue weighted by atomic mass is 10.0. The van der Waals surface area contributed by atoms with Gasteiger partial charge in [0.1, 0.15) is 6.04 Å². The van der Waals surface area contributed by atoms with Gasteiger partial charge in [-0.25, -0.2) is 4.79 Å². The highest BCUT2D eigenvalue weighted by Gasteiger charge is 2.53. The van der Waals surface area contributed by atoms with E-state index >= 15 is 0 Å². The Bertz CT molecular complexity index is 449. The number of carbonyl (C=O) groups is 2. The van der Waals surface area contributed by atoms with Gasteiger partial charge in [-0.15, -0.1) is 6.42 Å². The molecule has 5 heteroatoms. The summed E-state index contributed by atoms with van der Waals surface area (Å²) in [5.41, 5.74) is 0.249. The van der Waals surface area contributed by atoms with Crippen LogP contribution in [0.3, 0.4) is 0 Å². The first-order valence-corrected chi connectivity index (χ1v) is 7.03. The topological polar surface area (TPSA) is 58.6 Å². The molecule has 1 saturated carbocycles. The van der Waals surface area contributed by atoms with E-state index in [1.165, 1.54) is 7.11 Å². The number of nitrogens with zero attached hydrogens (tertiary/aromatic N) is 1. The summed E-state index contributed by atoms with van der Waals surface area (Å²) >= 11 is 0. The molecule has 2 atom stereocenters. The van der Waals surface area contributed by atoms with E-state index in [9.17, 15) is 9.59 Å². The number of rotatable bonds is 3. The SMILES string of the molecule is C#C[C@@H]1CC2(CC2)CN1C(=O)[C@@H](NC(=O)OC)C(C)C. The van der Waals surface area contributed by atoms with Crippen LogP contribution in [0.5, 0.6) is 0 Å². The van der Waals surface area contributed by atoms with Gasteiger partial charge in [0.15, 0.2) is 0 Å². The van der Waals surface area contributed by atoms with Crippen LogP contribution in [0.15, 0.2) is 0 Å². The molecular formula is C15H22N2O3. The summed E-state index contributed by atoms with van der Waals surface area (Å²) in [6.07, 6.45) is 8.15. The van der Waals surface area contributed by atoms with Crippen molar-refractivity contribution in [3.05, 3.63) is 0 Å². The van der Waals surface area contributed by atoms with Crippen molar-refractivity contribution in [2.45, 2.75) is 45.2 Å². The maximum Gasteiger partial charge on any atom is 0.407 e. The molecule has 20 heavy (non-hydrogen) atoms. The van der Waals surface area contributed by atoms with Crippen molar-refractivity contribution >= 4 is 12.0 Å². The zero-order chi connectivity index (χ0) is 14.9. The summed E-state index contributed by atoms with van der Waals surface area (Å²) in [7, 11) is 1.29. The van der Waals surface area contributed by atoms with Gasteiger partial charge < -0.3 is 15.0 Å². The Morgan fingerprint density at radius 2 is 2.10 bits per heavy atom. The molecular weight excluding hydrogens is 256 g/mol. The lowest BCUT2D eigenvalue weighted by molar-refractivity contribution is -0.134. The minimum absolute atomic E-state index is 0.0178. The molecule has 2 aliphatic rings. The summed E-state index contributed by atoms with van der Waals surface area (Å²) in [6.45, 7) is 4.51. The maximum atomic E-state index is 12.7. The highest BCUT2D eigenvalue weighted by molar-refractivity contribution is 5.86. The fourth-order valence-electron chi connectivity index (χ4n) is 2.85. The zero-order valence-corrected chi connectivity index (χ0v) is 12.3. The van der Waals surface area contributed by atoms with Gasteiger partial charge >= 0.3 is 6.09 Å². The van der Waals surface area contributed by atoms with Gasteiger partial charge in [0.25, 0.3) is 0 Å². The number of amides is 2. The van der Waals surface area contributed by atoms with Crippen molar-refractivity contribution < 1.29 is 14.3 Å². The zero-order valence-electron chi connectivity index (χ0n) is 12.3.